The van der Waals surface area contributed by atoms with Gasteiger partial charge in [0.15, 0.2) is 0 Å². The van der Waals surface area contributed by atoms with Crippen LogP contribution in [0.2, 0.25) is 0 Å². The molecule has 1 fully saturated rings. The Hall–Kier alpha value is -2.23. The number of carbonyl (C=O) groups excluding carboxylic acids is 1. The first-order chi connectivity index (χ1) is 11.3. The molecule has 3 heterocycles. The smallest absolute Gasteiger partial charge is 0.248 e. The Balaban J connectivity index is 1.53. The second-order valence-corrected chi connectivity index (χ2v) is 6.51. The fraction of sp³-hybridized carbons (Fsp3) is 0.421. The van der Waals surface area contributed by atoms with Crippen molar-refractivity contribution < 1.29 is 4.79 Å². The van der Waals surface area contributed by atoms with Crippen LogP contribution in [0.25, 0.3) is 10.9 Å². The van der Waals surface area contributed by atoms with Crippen LogP contribution < -0.4 is 5.32 Å². The molecule has 4 rings (SSSR count). The van der Waals surface area contributed by atoms with Crippen molar-refractivity contribution in [3.8, 4) is 0 Å². The molecule has 0 unspecified atom stereocenters. The Morgan fingerprint density at radius 2 is 2.04 bits per heavy atom. The number of nitrogens with one attached hydrogen (secondary N) is 1. The van der Waals surface area contributed by atoms with Crippen LogP contribution >= 0.6 is 0 Å². The summed E-state index contributed by atoms with van der Waals surface area (Å²) in [4.78, 5) is 14.6. The molecule has 1 saturated heterocycles. The second-order valence-electron chi connectivity index (χ2n) is 6.51. The van der Waals surface area contributed by atoms with E-state index in [9.17, 15) is 4.79 Å². The Kier molecular flexibility index (Phi) is 3.82. The van der Waals surface area contributed by atoms with Gasteiger partial charge in [-0.15, -0.1) is 0 Å². The molecule has 0 radical (unpaired) electrons. The topological polar surface area (TPSA) is 37.3 Å². The van der Waals surface area contributed by atoms with Gasteiger partial charge in [-0.1, -0.05) is 24.6 Å². The number of nitrogens with zero attached hydrogens (tertiary/aromatic N) is 2. The summed E-state index contributed by atoms with van der Waals surface area (Å²) in [6.45, 7) is 3.37. The summed E-state index contributed by atoms with van der Waals surface area (Å²) >= 11 is 0. The van der Waals surface area contributed by atoms with E-state index in [1.165, 1.54) is 35.9 Å². The summed E-state index contributed by atoms with van der Waals surface area (Å²) in [5.41, 5.74) is 3.62. The second kappa shape index (κ2) is 6.11. The zero-order chi connectivity index (χ0) is 15.6. The zero-order valence-corrected chi connectivity index (χ0v) is 13.4. The molecule has 2 aromatic rings. The van der Waals surface area contributed by atoms with Crippen LogP contribution in [0.15, 0.2) is 42.1 Å². The van der Waals surface area contributed by atoms with Crippen molar-refractivity contribution in [2.24, 2.45) is 0 Å². The quantitative estimate of drug-likeness (QED) is 0.822. The van der Waals surface area contributed by atoms with E-state index >= 15 is 0 Å². The molecular weight excluding hydrogens is 286 g/mol. The Bertz CT molecular complexity index is 749. The fourth-order valence-electron chi connectivity index (χ4n) is 3.66. The molecular formula is C19H23N3O. The van der Waals surface area contributed by atoms with E-state index in [0.29, 0.717) is 6.54 Å². The maximum Gasteiger partial charge on any atom is 0.248 e. The van der Waals surface area contributed by atoms with Crippen LogP contribution in [-0.2, 0) is 17.9 Å². The maximum atomic E-state index is 12.6. The van der Waals surface area contributed by atoms with Gasteiger partial charge in [-0.3, -0.25) is 4.79 Å². The van der Waals surface area contributed by atoms with E-state index in [-0.39, 0.29) is 5.91 Å². The summed E-state index contributed by atoms with van der Waals surface area (Å²) in [5.74, 6) is 0.144. The maximum absolute atomic E-state index is 12.6. The average Bonchev–Trinajstić information content (AvgIpc) is 2.74. The van der Waals surface area contributed by atoms with Crippen LogP contribution in [0.4, 0.5) is 0 Å². The lowest BCUT2D eigenvalue weighted by atomic mass is 10.2. The highest BCUT2D eigenvalue weighted by molar-refractivity contribution is 5.88. The first kappa shape index (κ1) is 14.4. The predicted octanol–water partition coefficient (Wildman–Crippen LogP) is 3.03. The van der Waals surface area contributed by atoms with Crippen LogP contribution in [0, 0.1) is 0 Å². The monoisotopic (exact) mass is 309 g/mol. The third kappa shape index (κ3) is 2.85. The molecule has 1 N–H and O–H groups in total. The first-order valence-electron chi connectivity index (χ1n) is 8.62. The van der Waals surface area contributed by atoms with Gasteiger partial charge in [0.1, 0.15) is 0 Å². The molecule has 4 heteroatoms. The van der Waals surface area contributed by atoms with Gasteiger partial charge < -0.3 is 14.8 Å². The SMILES string of the molecule is O=C(C=C1CCCCCN1)N1CCn2c(cc3ccccc32)C1. The molecule has 1 amide bonds. The molecule has 0 atom stereocenters. The Morgan fingerprint density at radius 1 is 1.13 bits per heavy atom. The molecule has 2 aliphatic heterocycles. The molecule has 0 saturated carbocycles. The summed E-state index contributed by atoms with van der Waals surface area (Å²) < 4.78 is 2.34. The van der Waals surface area contributed by atoms with Crippen molar-refractivity contribution in [3.63, 3.8) is 0 Å². The molecule has 0 aliphatic carbocycles. The minimum Gasteiger partial charge on any atom is -0.388 e. The number of allylic oxidation sites excluding steroid dienone is 1. The molecule has 1 aromatic carbocycles. The summed E-state index contributed by atoms with van der Waals surface area (Å²) in [7, 11) is 0. The van der Waals surface area contributed by atoms with Crippen molar-refractivity contribution in [1.29, 1.82) is 0 Å². The standard InChI is InChI=1S/C19H23N3O/c23-19(13-16-7-2-1-5-9-20-16)21-10-11-22-17(14-21)12-15-6-3-4-8-18(15)22/h3-4,6,8,12-13,20H,1-2,5,7,9-11,14H2. The Labute approximate surface area is 136 Å². The number of aromatic nitrogens is 1. The van der Waals surface area contributed by atoms with E-state index in [4.69, 9.17) is 0 Å². The highest BCUT2D eigenvalue weighted by Gasteiger charge is 2.21. The molecule has 1 aromatic heterocycles. The largest absolute Gasteiger partial charge is 0.388 e. The molecule has 2 aliphatic rings. The van der Waals surface area contributed by atoms with Crippen LogP contribution in [0.3, 0.4) is 0 Å². The number of benzene rings is 1. The zero-order valence-electron chi connectivity index (χ0n) is 13.4. The highest BCUT2D eigenvalue weighted by atomic mass is 16.2. The van der Waals surface area contributed by atoms with Crippen molar-refractivity contribution in [3.05, 3.63) is 47.8 Å². The Morgan fingerprint density at radius 3 is 3.00 bits per heavy atom. The van der Waals surface area contributed by atoms with Crippen molar-refractivity contribution in [1.82, 2.24) is 14.8 Å². The van der Waals surface area contributed by atoms with Gasteiger partial charge >= 0.3 is 0 Å². The van der Waals surface area contributed by atoms with Crippen LogP contribution in [0.5, 0.6) is 0 Å². The van der Waals surface area contributed by atoms with Gasteiger partial charge in [-0.05, 0) is 36.8 Å². The lowest BCUT2D eigenvalue weighted by Crippen LogP contribution is -2.37. The van der Waals surface area contributed by atoms with Crippen molar-refractivity contribution in [2.45, 2.75) is 38.8 Å². The number of hydrogen-bond acceptors (Lipinski definition) is 2. The lowest BCUT2D eigenvalue weighted by molar-refractivity contribution is -0.127. The summed E-state index contributed by atoms with van der Waals surface area (Å²) in [6.07, 6.45) is 6.46. The van der Waals surface area contributed by atoms with Gasteiger partial charge in [0.2, 0.25) is 5.91 Å². The number of hydrogen-bond donors (Lipinski definition) is 1. The number of amides is 1. The van der Waals surface area contributed by atoms with Gasteiger partial charge in [-0.25, -0.2) is 0 Å². The highest BCUT2D eigenvalue weighted by Crippen LogP contribution is 2.24. The predicted molar refractivity (Wildman–Crippen MR) is 91.9 cm³/mol. The fourth-order valence-corrected chi connectivity index (χ4v) is 3.66. The van der Waals surface area contributed by atoms with E-state index in [1.54, 1.807) is 0 Å². The van der Waals surface area contributed by atoms with E-state index in [2.05, 4.69) is 40.2 Å². The molecule has 120 valence electrons. The normalized spacial score (nSPS) is 20.2. The van der Waals surface area contributed by atoms with Crippen LogP contribution in [-0.4, -0.2) is 28.5 Å². The molecule has 0 spiro atoms. The minimum absolute atomic E-state index is 0.144. The van der Waals surface area contributed by atoms with Gasteiger partial charge in [-0.2, -0.15) is 0 Å². The summed E-state index contributed by atoms with van der Waals surface area (Å²) in [5, 5.41) is 4.67. The van der Waals surface area contributed by atoms with Crippen molar-refractivity contribution >= 4 is 16.8 Å². The van der Waals surface area contributed by atoms with Gasteiger partial charge in [0.25, 0.3) is 0 Å². The molecule has 4 nitrogen and oxygen atoms in total. The third-order valence-corrected chi connectivity index (χ3v) is 4.93. The molecule has 23 heavy (non-hydrogen) atoms. The molecule has 0 bridgehead atoms. The number of fused-ring (bicyclic) bond motifs is 3. The third-order valence-electron chi connectivity index (χ3n) is 4.93. The van der Waals surface area contributed by atoms with E-state index < -0.39 is 0 Å². The number of rotatable bonds is 1. The number of para-hydroxylation sites is 1. The average molecular weight is 309 g/mol. The summed E-state index contributed by atoms with van der Waals surface area (Å²) in [6, 6.07) is 10.7. The van der Waals surface area contributed by atoms with E-state index in [0.717, 1.165) is 31.8 Å². The lowest BCUT2D eigenvalue weighted by Gasteiger charge is -2.28. The first-order valence-corrected chi connectivity index (χ1v) is 8.62. The van der Waals surface area contributed by atoms with Gasteiger partial charge in [0.05, 0.1) is 6.54 Å². The van der Waals surface area contributed by atoms with Crippen molar-refractivity contribution in [2.75, 3.05) is 13.1 Å². The van der Waals surface area contributed by atoms with Crippen LogP contribution in [0.1, 0.15) is 31.4 Å². The minimum atomic E-state index is 0.144. The van der Waals surface area contributed by atoms with Gasteiger partial charge in [0, 0.05) is 42.6 Å². The number of carbonyl (C=O) groups is 1. The van der Waals surface area contributed by atoms with E-state index in [1.807, 2.05) is 11.0 Å².